The van der Waals surface area contributed by atoms with Gasteiger partial charge in [-0.05, 0) is 50.1 Å². The number of benzene rings is 2. The summed E-state index contributed by atoms with van der Waals surface area (Å²) in [7, 11) is 0.481. The first kappa shape index (κ1) is 33.1. The van der Waals surface area contributed by atoms with Crippen molar-refractivity contribution in [3.8, 4) is 5.75 Å². The summed E-state index contributed by atoms with van der Waals surface area (Å²) in [5.41, 5.74) is 5.24. The van der Waals surface area contributed by atoms with E-state index in [1.165, 1.54) is 29.9 Å². The number of halogens is 1. The average molecular weight is 680 g/mol. The van der Waals surface area contributed by atoms with Crippen LogP contribution in [0.2, 0.25) is 5.02 Å². The Labute approximate surface area is 281 Å². The highest BCUT2D eigenvalue weighted by Crippen LogP contribution is 2.37. The van der Waals surface area contributed by atoms with Crippen LogP contribution in [0.4, 0.5) is 28.8 Å². The fraction of sp³-hybridized carbons (Fsp3) is 0.455. The smallest absolute Gasteiger partial charge is 0.229 e. The zero-order valence-corrected chi connectivity index (χ0v) is 28.9. The predicted octanol–water partition coefficient (Wildman–Crippen LogP) is 4.89. The Hall–Kier alpha value is -3.78. The quantitative estimate of drug-likeness (QED) is 0.237. The monoisotopic (exact) mass is 679 g/mol. The number of hydrogen-bond donors (Lipinski definition) is 2. The number of piperidine rings is 1. The van der Waals surface area contributed by atoms with Crippen LogP contribution in [-0.2, 0) is 22.0 Å². The maximum atomic E-state index is 12.3. The Bertz CT molecular complexity index is 1840. The molecule has 14 heteroatoms. The number of sulfone groups is 1. The van der Waals surface area contributed by atoms with E-state index in [9.17, 15) is 8.42 Å². The van der Waals surface area contributed by atoms with Gasteiger partial charge in [0.25, 0.3) is 0 Å². The lowest BCUT2D eigenvalue weighted by Gasteiger charge is -2.43. The van der Waals surface area contributed by atoms with Crippen molar-refractivity contribution < 1.29 is 13.2 Å². The van der Waals surface area contributed by atoms with Gasteiger partial charge < -0.3 is 25.2 Å². The molecule has 6 rings (SSSR count). The third-order valence-electron chi connectivity index (χ3n) is 9.04. The van der Waals surface area contributed by atoms with E-state index in [0.717, 1.165) is 64.2 Å². The maximum Gasteiger partial charge on any atom is 0.229 e. The lowest BCUT2D eigenvalue weighted by Crippen LogP contribution is -2.52. The number of nitrogens with one attached hydrogen (secondary N) is 2. The number of piperazine rings is 1. The zero-order chi connectivity index (χ0) is 33.1. The molecule has 47 heavy (non-hydrogen) atoms. The van der Waals surface area contributed by atoms with E-state index in [1.54, 1.807) is 25.4 Å². The molecule has 2 fully saturated rings. The van der Waals surface area contributed by atoms with Gasteiger partial charge in [0, 0.05) is 87.0 Å². The molecule has 2 N–H and O–H groups in total. The highest BCUT2D eigenvalue weighted by molar-refractivity contribution is 7.89. The molecule has 4 aromatic rings. The Morgan fingerprint density at radius 2 is 1.72 bits per heavy atom. The molecule has 0 bridgehead atoms. The second kappa shape index (κ2) is 14.1. The number of aromatic nitrogens is 4. The van der Waals surface area contributed by atoms with E-state index in [1.807, 2.05) is 0 Å². The fourth-order valence-electron chi connectivity index (χ4n) is 6.50. The second-order valence-corrected chi connectivity index (χ2v) is 14.9. The van der Waals surface area contributed by atoms with Crippen molar-refractivity contribution in [3.05, 3.63) is 59.0 Å². The molecule has 12 nitrogen and oxygen atoms in total. The summed E-state index contributed by atoms with van der Waals surface area (Å²) in [4.78, 5) is 25.4. The molecule has 250 valence electrons. The molecular formula is C33H42ClN9O3S. The zero-order valence-electron chi connectivity index (χ0n) is 27.3. The molecule has 2 aromatic heterocycles. The van der Waals surface area contributed by atoms with Crippen molar-refractivity contribution in [2.24, 2.45) is 0 Å². The third kappa shape index (κ3) is 7.69. The number of ether oxygens (including phenoxy) is 1. The molecule has 2 aliphatic rings. The first-order valence-corrected chi connectivity index (χ1v) is 18.4. The molecule has 0 saturated carbocycles. The highest BCUT2D eigenvalue weighted by Gasteiger charge is 2.28. The number of aryl methyl sites for hydroxylation is 1. The molecule has 2 aromatic carbocycles. The Morgan fingerprint density at radius 3 is 2.43 bits per heavy atom. The van der Waals surface area contributed by atoms with Crippen LogP contribution in [0.5, 0.6) is 5.75 Å². The van der Waals surface area contributed by atoms with Gasteiger partial charge in [-0.15, -0.1) is 0 Å². The minimum Gasteiger partial charge on any atom is -0.494 e. The fourth-order valence-corrected chi connectivity index (χ4v) is 7.45. The van der Waals surface area contributed by atoms with Gasteiger partial charge in [-0.3, -0.25) is 14.9 Å². The number of likely N-dealkylation sites (N-methyl/N-ethyl adjacent to an activating group) is 1. The van der Waals surface area contributed by atoms with Gasteiger partial charge in [0.2, 0.25) is 5.95 Å². The van der Waals surface area contributed by atoms with Gasteiger partial charge >= 0.3 is 0 Å². The Balaban J connectivity index is 1.22. The first-order chi connectivity index (χ1) is 22.6. The van der Waals surface area contributed by atoms with Gasteiger partial charge in [-0.1, -0.05) is 18.5 Å². The van der Waals surface area contributed by atoms with E-state index in [4.69, 9.17) is 16.3 Å². The van der Waals surface area contributed by atoms with Crippen molar-refractivity contribution in [2.45, 2.75) is 38.0 Å². The average Bonchev–Trinajstić information content (AvgIpc) is 3.07. The van der Waals surface area contributed by atoms with Crippen LogP contribution in [0.15, 0.2) is 42.9 Å². The summed E-state index contributed by atoms with van der Waals surface area (Å²) in [5.74, 6) is 1.09. The highest BCUT2D eigenvalue weighted by atomic mass is 35.5. The number of rotatable bonds is 10. The van der Waals surface area contributed by atoms with Crippen molar-refractivity contribution in [2.75, 3.05) is 75.2 Å². The molecule has 0 radical (unpaired) electrons. The second-order valence-electron chi connectivity index (χ2n) is 12.3. The molecule has 0 amide bonds. The van der Waals surface area contributed by atoms with Gasteiger partial charge in [-0.2, -0.15) is 4.98 Å². The molecule has 2 saturated heterocycles. The molecular weight excluding hydrogens is 638 g/mol. The summed E-state index contributed by atoms with van der Waals surface area (Å²) in [6.45, 7) is 8.77. The molecule has 0 spiro atoms. The third-order valence-corrected chi connectivity index (χ3v) is 10.1. The summed E-state index contributed by atoms with van der Waals surface area (Å²) in [6.07, 6.45) is 8.96. The van der Waals surface area contributed by atoms with Crippen LogP contribution < -0.4 is 20.3 Å². The molecule has 4 heterocycles. The number of anilines is 5. The Kier molecular flexibility index (Phi) is 9.97. The van der Waals surface area contributed by atoms with Crippen LogP contribution in [-0.4, -0.2) is 104 Å². The molecule has 0 atom stereocenters. The van der Waals surface area contributed by atoms with E-state index in [2.05, 4.69) is 71.4 Å². The normalized spacial score (nSPS) is 16.8. The van der Waals surface area contributed by atoms with E-state index in [0.29, 0.717) is 45.8 Å². The lowest BCUT2D eigenvalue weighted by molar-refractivity contribution is 0.0982. The summed E-state index contributed by atoms with van der Waals surface area (Å²) in [6, 6.07) is 8.39. The van der Waals surface area contributed by atoms with Crippen LogP contribution in [0, 0.1) is 0 Å². The van der Waals surface area contributed by atoms with Crippen LogP contribution in [0.1, 0.15) is 30.9 Å². The standard InChI is InChI=1S/C33H42ClN9O3S/c1-5-22-18-28(30(46-3)19-29(22)43-12-8-23(9-13-43)42-16-14-41(2)15-17-42)39-33-37-20-25(34)32(40-33)38-26-6-7-27-31(36-11-10-35-27)24(26)21-47(4,44)45/h6-7,10-11,18-20,23H,5,8-9,12-17,21H2,1-4H3,(H2,37,38,39,40). The Morgan fingerprint density at radius 1 is 0.979 bits per heavy atom. The van der Waals surface area contributed by atoms with Crippen LogP contribution in [0.3, 0.4) is 0 Å². The largest absolute Gasteiger partial charge is 0.494 e. The minimum atomic E-state index is -3.39. The first-order valence-electron chi connectivity index (χ1n) is 16.0. The molecule has 0 aliphatic carbocycles. The lowest BCUT2D eigenvalue weighted by atomic mass is 9.99. The van der Waals surface area contributed by atoms with Crippen molar-refractivity contribution >= 4 is 61.3 Å². The van der Waals surface area contributed by atoms with Gasteiger partial charge in [0.15, 0.2) is 15.7 Å². The number of nitrogens with zero attached hydrogens (tertiary/aromatic N) is 7. The SMILES string of the molecule is CCc1cc(Nc2ncc(Cl)c(Nc3ccc4nccnc4c3CS(C)(=O)=O)n2)c(OC)cc1N1CCC(N2CCN(C)CC2)CC1. The topological polar surface area (TPSA) is 129 Å². The van der Waals surface area contributed by atoms with Crippen molar-refractivity contribution in [1.82, 2.24) is 29.7 Å². The summed E-state index contributed by atoms with van der Waals surface area (Å²) >= 11 is 6.54. The summed E-state index contributed by atoms with van der Waals surface area (Å²) < 4.78 is 30.5. The van der Waals surface area contributed by atoms with Gasteiger partial charge in [-0.25, -0.2) is 13.4 Å². The molecule has 0 unspecified atom stereocenters. The van der Waals surface area contributed by atoms with Gasteiger partial charge in [0.05, 0.1) is 35.8 Å². The maximum absolute atomic E-state index is 12.3. The van der Waals surface area contributed by atoms with Crippen molar-refractivity contribution in [3.63, 3.8) is 0 Å². The minimum absolute atomic E-state index is 0.226. The van der Waals surface area contributed by atoms with E-state index < -0.39 is 9.84 Å². The summed E-state index contributed by atoms with van der Waals surface area (Å²) in [5, 5.41) is 6.81. The van der Waals surface area contributed by atoms with Crippen molar-refractivity contribution in [1.29, 1.82) is 0 Å². The van der Waals surface area contributed by atoms with Crippen LogP contribution >= 0.6 is 11.6 Å². The van der Waals surface area contributed by atoms with E-state index in [-0.39, 0.29) is 10.8 Å². The van der Waals surface area contributed by atoms with Crippen LogP contribution in [0.25, 0.3) is 11.0 Å². The van der Waals surface area contributed by atoms with E-state index >= 15 is 0 Å². The van der Waals surface area contributed by atoms with Gasteiger partial charge in [0.1, 0.15) is 10.8 Å². The number of hydrogen-bond acceptors (Lipinski definition) is 12. The number of methoxy groups -OCH3 is 1. The predicted molar refractivity (Wildman–Crippen MR) is 188 cm³/mol. The number of fused-ring (bicyclic) bond motifs is 1. The molecule has 2 aliphatic heterocycles.